The molecule has 1 aromatic carbocycles. The average Bonchev–Trinajstić information content (AvgIpc) is 2.46. The number of nitrogens with zero attached hydrogens (tertiary/aromatic N) is 1. The second-order valence-corrected chi connectivity index (χ2v) is 6.49. The van der Waals surface area contributed by atoms with Crippen LogP contribution in [0.3, 0.4) is 0 Å². The zero-order valence-corrected chi connectivity index (χ0v) is 11.7. The van der Waals surface area contributed by atoms with E-state index >= 15 is 0 Å². The molecule has 1 fully saturated rings. The highest BCUT2D eigenvalue weighted by atomic mass is 32.2. The maximum Gasteiger partial charge on any atom is 0.240 e. The molecule has 102 valence electrons. The largest absolute Gasteiger partial charge is 0.391 e. The molecule has 2 heterocycles. The number of β-amino-alcohol motifs (C(OH)–C–C–N with tert-alkyl or cyclic N) is 1. The van der Waals surface area contributed by atoms with Gasteiger partial charge in [0.1, 0.15) is 5.25 Å². The van der Waals surface area contributed by atoms with Crippen LogP contribution in [0.25, 0.3) is 0 Å². The fraction of sp³-hybridized carbons (Fsp3) is 0.533. The Balaban J connectivity index is 1.81. The second kappa shape index (κ2) is 5.55. The van der Waals surface area contributed by atoms with Gasteiger partial charge in [-0.2, -0.15) is 0 Å². The van der Waals surface area contributed by atoms with Crippen LogP contribution in [0, 0.1) is 0 Å². The lowest BCUT2D eigenvalue weighted by atomic mass is 10.00. The standard InChI is InChI=1S/C15H19NO2S/c17-12-5-3-8-16(10-12)15(18)14-13-6-2-1-4-11(13)7-9-19-14/h1-2,4,6,12,14,17H,3,5,7-10H2. The van der Waals surface area contributed by atoms with E-state index in [1.807, 2.05) is 17.0 Å². The predicted octanol–water partition coefficient (Wildman–Crippen LogP) is 2.00. The van der Waals surface area contributed by atoms with Gasteiger partial charge >= 0.3 is 0 Å². The molecule has 1 aromatic rings. The summed E-state index contributed by atoms with van der Waals surface area (Å²) in [5, 5.41) is 9.65. The van der Waals surface area contributed by atoms with Gasteiger partial charge in [0, 0.05) is 13.1 Å². The molecule has 19 heavy (non-hydrogen) atoms. The van der Waals surface area contributed by atoms with Crippen LogP contribution in [0.5, 0.6) is 0 Å². The summed E-state index contributed by atoms with van der Waals surface area (Å²) >= 11 is 1.74. The van der Waals surface area contributed by atoms with Gasteiger partial charge < -0.3 is 10.0 Å². The summed E-state index contributed by atoms with van der Waals surface area (Å²) in [5.74, 6) is 1.18. The minimum atomic E-state index is -0.346. The lowest BCUT2D eigenvalue weighted by molar-refractivity contribution is -0.133. The number of piperidine rings is 1. The van der Waals surface area contributed by atoms with E-state index in [1.165, 1.54) is 11.1 Å². The maximum atomic E-state index is 12.7. The van der Waals surface area contributed by atoms with E-state index < -0.39 is 0 Å². The van der Waals surface area contributed by atoms with E-state index in [0.29, 0.717) is 6.54 Å². The summed E-state index contributed by atoms with van der Waals surface area (Å²) in [5.41, 5.74) is 2.47. The van der Waals surface area contributed by atoms with E-state index in [9.17, 15) is 9.90 Å². The van der Waals surface area contributed by atoms with Crippen molar-refractivity contribution in [3.05, 3.63) is 35.4 Å². The van der Waals surface area contributed by atoms with Crippen LogP contribution in [-0.4, -0.2) is 40.9 Å². The molecule has 0 radical (unpaired) electrons. The summed E-state index contributed by atoms with van der Waals surface area (Å²) in [4.78, 5) is 14.5. The molecular weight excluding hydrogens is 258 g/mol. The summed E-state index contributed by atoms with van der Waals surface area (Å²) in [6.07, 6.45) is 2.43. The Labute approximate surface area is 118 Å². The Kier molecular flexibility index (Phi) is 3.80. The molecule has 1 amide bonds. The second-order valence-electron chi connectivity index (χ2n) is 5.28. The highest BCUT2D eigenvalue weighted by Gasteiger charge is 2.32. The molecule has 3 nitrogen and oxygen atoms in total. The molecule has 0 saturated carbocycles. The number of aliphatic hydroxyl groups is 1. The zero-order valence-electron chi connectivity index (χ0n) is 10.9. The smallest absolute Gasteiger partial charge is 0.240 e. The number of aliphatic hydroxyl groups excluding tert-OH is 1. The van der Waals surface area contributed by atoms with Crippen LogP contribution >= 0.6 is 11.8 Å². The topological polar surface area (TPSA) is 40.5 Å². The predicted molar refractivity (Wildman–Crippen MR) is 77.2 cm³/mol. The third-order valence-electron chi connectivity index (χ3n) is 3.93. The molecule has 0 aromatic heterocycles. The van der Waals surface area contributed by atoms with Gasteiger partial charge in [-0.1, -0.05) is 24.3 Å². The van der Waals surface area contributed by atoms with Crippen molar-refractivity contribution in [3.63, 3.8) is 0 Å². The molecular formula is C15H19NO2S. The number of amides is 1. The van der Waals surface area contributed by atoms with Crippen LogP contribution < -0.4 is 0 Å². The fourth-order valence-electron chi connectivity index (χ4n) is 2.92. The summed E-state index contributed by atoms with van der Waals surface area (Å²) in [7, 11) is 0. The quantitative estimate of drug-likeness (QED) is 0.853. The molecule has 2 aliphatic heterocycles. The van der Waals surface area contributed by atoms with Gasteiger partial charge in [-0.3, -0.25) is 4.79 Å². The molecule has 2 aliphatic rings. The van der Waals surface area contributed by atoms with E-state index in [2.05, 4.69) is 12.1 Å². The van der Waals surface area contributed by atoms with E-state index in [0.717, 1.165) is 31.6 Å². The maximum absolute atomic E-state index is 12.7. The Hall–Kier alpha value is -1.00. The van der Waals surface area contributed by atoms with Gasteiger partial charge in [-0.15, -0.1) is 11.8 Å². The number of fused-ring (bicyclic) bond motifs is 1. The number of hydrogen-bond donors (Lipinski definition) is 1. The molecule has 2 unspecified atom stereocenters. The van der Waals surface area contributed by atoms with Crippen LogP contribution in [0.2, 0.25) is 0 Å². The average molecular weight is 277 g/mol. The van der Waals surface area contributed by atoms with Crippen molar-refractivity contribution in [1.29, 1.82) is 0 Å². The molecule has 3 rings (SSSR count). The number of hydrogen-bond acceptors (Lipinski definition) is 3. The lowest BCUT2D eigenvalue weighted by Crippen LogP contribution is -2.44. The van der Waals surface area contributed by atoms with Crippen LogP contribution in [-0.2, 0) is 11.2 Å². The SMILES string of the molecule is O=C(C1SCCc2ccccc21)N1CCCC(O)C1. The van der Waals surface area contributed by atoms with Gasteiger partial charge in [-0.25, -0.2) is 0 Å². The van der Waals surface area contributed by atoms with Crippen molar-refractivity contribution >= 4 is 17.7 Å². The number of thioether (sulfide) groups is 1. The third kappa shape index (κ3) is 2.65. The number of aryl methyl sites for hydroxylation is 1. The van der Waals surface area contributed by atoms with E-state index in [-0.39, 0.29) is 17.3 Å². The Morgan fingerprint density at radius 2 is 2.21 bits per heavy atom. The summed E-state index contributed by atoms with van der Waals surface area (Å²) in [6.45, 7) is 1.28. The molecule has 4 heteroatoms. The normalized spacial score (nSPS) is 26.9. The first-order valence-electron chi connectivity index (χ1n) is 6.92. The van der Waals surface area contributed by atoms with Crippen LogP contribution in [0.1, 0.15) is 29.2 Å². The Morgan fingerprint density at radius 3 is 3.05 bits per heavy atom. The van der Waals surface area contributed by atoms with Crippen molar-refractivity contribution in [2.24, 2.45) is 0 Å². The first-order chi connectivity index (χ1) is 9.25. The van der Waals surface area contributed by atoms with Crippen molar-refractivity contribution in [3.8, 4) is 0 Å². The minimum absolute atomic E-state index is 0.0738. The fourth-order valence-corrected chi connectivity index (χ4v) is 4.19. The molecule has 0 spiro atoms. The van der Waals surface area contributed by atoms with E-state index in [4.69, 9.17) is 0 Å². The minimum Gasteiger partial charge on any atom is -0.391 e. The number of likely N-dealkylation sites (tertiary alicyclic amines) is 1. The van der Waals surface area contributed by atoms with Gasteiger partial charge in [0.15, 0.2) is 0 Å². The lowest BCUT2D eigenvalue weighted by Gasteiger charge is -2.34. The van der Waals surface area contributed by atoms with Crippen LogP contribution in [0.4, 0.5) is 0 Å². The third-order valence-corrected chi connectivity index (χ3v) is 5.15. The van der Waals surface area contributed by atoms with Crippen LogP contribution in [0.15, 0.2) is 24.3 Å². The van der Waals surface area contributed by atoms with E-state index in [1.54, 1.807) is 11.8 Å². The molecule has 1 saturated heterocycles. The molecule has 0 bridgehead atoms. The number of rotatable bonds is 1. The molecule has 1 N–H and O–H groups in total. The van der Waals surface area contributed by atoms with Gasteiger partial charge in [0.25, 0.3) is 0 Å². The monoisotopic (exact) mass is 277 g/mol. The first kappa shape index (κ1) is 13.0. The van der Waals surface area contributed by atoms with Gasteiger partial charge in [0.2, 0.25) is 5.91 Å². The number of carbonyl (C=O) groups is 1. The number of benzene rings is 1. The Bertz CT molecular complexity index is 477. The summed E-state index contributed by atoms with van der Waals surface area (Å²) < 4.78 is 0. The van der Waals surface area contributed by atoms with Crippen molar-refractivity contribution in [2.45, 2.75) is 30.6 Å². The van der Waals surface area contributed by atoms with Crippen molar-refractivity contribution in [2.75, 3.05) is 18.8 Å². The van der Waals surface area contributed by atoms with Crippen molar-refractivity contribution < 1.29 is 9.90 Å². The summed E-state index contributed by atoms with van der Waals surface area (Å²) in [6, 6.07) is 8.25. The first-order valence-corrected chi connectivity index (χ1v) is 7.97. The van der Waals surface area contributed by atoms with Gasteiger partial charge in [-0.05, 0) is 36.1 Å². The number of carbonyl (C=O) groups excluding carboxylic acids is 1. The van der Waals surface area contributed by atoms with Gasteiger partial charge in [0.05, 0.1) is 6.10 Å². The molecule has 2 atom stereocenters. The molecule has 0 aliphatic carbocycles. The highest BCUT2D eigenvalue weighted by Crippen LogP contribution is 2.38. The Morgan fingerprint density at radius 1 is 1.37 bits per heavy atom. The highest BCUT2D eigenvalue weighted by molar-refractivity contribution is 8.00. The zero-order chi connectivity index (χ0) is 13.2. The van der Waals surface area contributed by atoms with Crippen molar-refractivity contribution in [1.82, 2.24) is 4.90 Å².